The van der Waals surface area contributed by atoms with Crippen LogP contribution in [0.1, 0.15) is 39.5 Å². The quantitative estimate of drug-likeness (QED) is 0.558. The number of amides is 1. The molecular formula is C12H21NO4. The summed E-state index contributed by atoms with van der Waals surface area (Å²) in [5.74, 6) is -0.302. The van der Waals surface area contributed by atoms with Crippen LogP contribution >= 0.6 is 0 Å². The third-order valence-electron chi connectivity index (χ3n) is 2.85. The molecule has 1 aliphatic rings. The van der Waals surface area contributed by atoms with Crippen molar-refractivity contribution in [2.24, 2.45) is 0 Å². The zero-order chi connectivity index (χ0) is 12.7. The molecule has 1 saturated heterocycles. The van der Waals surface area contributed by atoms with E-state index >= 15 is 0 Å². The smallest absolute Gasteiger partial charge is 0.305 e. The van der Waals surface area contributed by atoms with Gasteiger partial charge in [0.05, 0.1) is 6.61 Å². The Balaban J connectivity index is 2.14. The fourth-order valence-electron chi connectivity index (χ4n) is 1.81. The van der Waals surface area contributed by atoms with Gasteiger partial charge < -0.3 is 14.8 Å². The number of esters is 1. The molecule has 1 fully saturated rings. The summed E-state index contributed by atoms with van der Waals surface area (Å²) in [5, 5.41) is 2.79. The van der Waals surface area contributed by atoms with Crippen molar-refractivity contribution in [2.45, 2.75) is 45.1 Å². The second-order valence-electron chi connectivity index (χ2n) is 4.35. The number of nitrogens with one attached hydrogen (secondary N) is 1. The fraction of sp³-hybridized carbons (Fsp3) is 0.833. The van der Waals surface area contributed by atoms with Gasteiger partial charge in [0, 0.05) is 19.6 Å². The Morgan fingerprint density at radius 2 is 2.24 bits per heavy atom. The molecule has 0 bridgehead atoms. The molecule has 1 atom stereocenters. The van der Waals surface area contributed by atoms with Crippen LogP contribution in [0.4, 0.5) is 0 Å². The first-order chi connectivity index (χ1) is 8.08. The number of carbonyl (C=O) groups is 2. The van der Waals surface area contributed by atoms with E-state index in [1.165, 1.54) is 0 Å². The summed E-state index contributed by atoms with van der Waals surface area (Å²) in [5.41, 5.74) is -0.677. The average molecular weight is 243 g/mol. The molecule has 0 aromatic heterocycles. The van der Waals surface area contributed by atoms with E-state index in [0.717, 1.165) is 12.8 Å². The van der Waals surface area contributed by atoms with Crippen molar-refractivity contribution in [3.05, 3.63) is 0 Å². The van der Waals surface area contributed by atoms with Crippen LogP contribution in [0.25, 0.3) is 0 Å². The van der Waals surface area contributed by atoms with E-state index < -0.39 is 5.60 Å². The number of hydrogen-bond donors (Lipinski definition) is 1. The minimum Gasteiger partial charge on any atom is -0.466 e. The lowest BCUT2D eigenvalue weighted by atomic mass is 10.0. The first-order valence-corrected chi connectivity index (χ1v) is 6.16. The summed E-state index contributed by atoms with van der Waals surface area (Å²) in [4.78, 5) is 22.8. The van der Waals surface area contributed by atoms with Gasteiger partial charge in [-0.2, -0.15) is 0 Å². The van der Waals surface area contributed by atoms with Gasteiger partial charge in [-0.05, 0) is 33.1 Å². The zero-order valence-electron chi connectivity index (χ0n) is 10.6. The molecule has 1 amide bonds. The van der Waals surface area contributed by atoms with E-state index in [2.05, 4.69) is 5.32 Å². The monoisotopic (exact) mass is 243 g/mol. The third-order valence-corrected chi connectivity index (χ3v) is 2.85. The summed E-state index contributed by atoms with van der Waals surface area (Å²) >= 11 is 0. The number of hydrogen-bond acceptors (Lipinski definition) is 4. The van der Waals surface area contributed by atoms with Gasteiger partial charge in [0.25, 0.3) is 5.91 Å². The maximum atomic E-state index is 11.8. The molecule has 1 aliphatic heterocycles. The molecule has 1 rings (SSSR count). The third kappa shape index (κ3) is 4.34. The minimum atomic E-state index is -0.677. The highest BCUT2D eigenvalue weighted by molar-refractivity contribution is 5.85. The summed E-state index contributed by atoms with van der Waals surface area (Å²) in [6, 6.07) is 0. The molecule has 0 aliphatic carbocycles. The van der Waals surface area contributed by atoms with Gasteiger partial charge in [-0.1, -0.05) is 0 Å². The fourth-order valence-corrected chi connectivity index (χ4v) is 1.81. The lowest BCUT2D eigenvalue weighted by Crippen LogP contribution is -2.44. The van der Waals surface area contributed by atoms with Crippen LogP contribution in [0.15, 0.2) is 0 Å². The summed E-state index contributed by atoms with van der Waals surface area (Å²) < 4.78 is 10.2. The Labute approximate surface area is 102 Å². The van der Waals surface area contributed by atoms with Gasteiger partial charge in [-0.25, -0.2) is 0 Å². The Kier molecular flexibility index (Phi) is 5.41. The predicted molar refractivity (Wildman–Crippen MR) is 62.5 cm³/mol. The first kappa shape index (κ1) is 14.0. The van der Waals surface area contributed by atoms with Gasteiger partial charge in [-0.15, -0.1) is 0 Å². The Hall–Kier alpha value is -1.10. The van der Waals surface area contributed by atoms with Gasteiger partial charge in [-0.3, -0.25) is 9.59 Å². The maximum Gasteiger partial charge on any atom is 0.305 e. The van der Waals surface area contributed by atoms with E-state index in [4.69, 9.17) is 9.47 Å². The molecule has 1 N–H and O–H groups in total. The minimum absolute atomic E-state index is 0.0844. The van der Waals surface area contributed by atoms with Gasteiger partial charge in [0.1, 0.15) is 5.60 Å². The second kappa shape index (κ2) is 6.59. The number of ether oxygens (including phenoxy) is 2. The predicted octanol–water partition coefficient (Wildman–Crippen LogP) is 1.01. The van der Waals surface area contributed by atoms with Crippen LogP contribution in [-0.2, 0) is 19.1 Å². The molecule has 0 saturated carbocycles. The highest BCUT2D eigenvalue weighted by Crippen LogP contribution is 2.24. The van der Waals surface area contributed by atoms with Gasteiger partial charge in [0.2, 0.25) is 0 Å². The molecule has 0 aromatic rings. The van der Waals surface area contributed by atoms with Crippen molar-refractivity contribution in [1.29, 1.82) is 0 Å². The van der Waals surface area contributed by atoms with Crippen molar-refractivity contribution in [3.8, 4) is 0 Å². The lowest BCUT2D eigenvalue weighted by Gasteiger charge is -2.21. The molecule has 0 aromatic carbocycles. The highest BCUT2D eigenvalue weighted by atomic mass is 16.5. The van der Waals surface area contributed by atoms with Gasteiger partial charge in [0.15, 0.2) is 0 Å². The molecule has 5 heteroatoms. The Morgan fingerprint density at radius 3 is 2.82 bits per heavy atom. The zero-order valence-corrected chi connectivity index (χ0v) is 10.6. The van der Waals surface area contributed by atoms with E-state index in [0.29, 0.717) is 32.6 Å². The van der Waals surface area contributed by atoms with Crippen LogP contribution in [0.3, 0.4) is 0 Å². The van der Waals surface area contributed by atoms with Crippen LogP contribution in [-0.4, -0.2) is 37.2 Å². The molecule has 1 heterocycles. The average Bonchev–Trinajstić information content (AvgIpc) is 2.73. The van der Waals surface area contributed by atoms with Crippen LogP contribution < -0.4 is 5.32 Å². The SMILES string of the molecule is CCOC(=O)CCCNC(=O)C1(C)CCCO1. The Morgan fingerprint density at radius 1 is 1.47 bits per heavy atom. The summed E-state index contributed by atoms with van der Waals surface area (Å²) in [7, 11) is 0. The van der Waals surface area contributed by atoms with Crippen LogP contribution in [0, 0.1) is 0 Å². The lowest BCUT2D eigenvalue weighted by molar-refractivity contribution is -0.144. The first-order valence-electron chi connectivity index (χ1n) is 6.16. The van der Waals surface area contributed by atoms with E-state index in [1.807, 2.05) is 0 Å². The van der Waals surface area contributed by atoms with Crippen molar-refractivity contribution in [3.63, 3.8) is 0 Å². The maximum absolute atomic E-state index is 11.8. The van der Waals surface area contributed by atoms with Crippen LogP contribution in [0.2, 0.25) is 0 Å². The number of rotatable bonds is 6. The number of carbonyl (C=O) groups excluding carboxylic acids is 2. The van der Waals surface area contributed by atoms with E-state index in [1.54, 1.807) is 13.8 Å². The topological polar surface area (TPSA) is 64.6 Å². The van der Waals surface area contributed by atoms with Crippen LogP contribution in [0.5, 0.6) is 0 Å². The summed E-state index contributed by atoms with van der Waals surface area (Å²) in [6.07, 6.45) is 2.62. The summed E-state index contributed by atoms with van der Waals surface area (Å²) in [6.45, 7) is 5.11. The molecule has 0 spiro atoms. The Bertz CT molecular complexity index is 272. The van der Waals surface area contributed by atoms with E-state index in [-0.39, 0.29) is 11.9 Å². The largest absolute Gasteiger partial charge is 0.466 e. The molecule has 5 nitrogen and oxygen atoms in total. The molecule has 0 radical (unpaired) electrons. The second-order valence-corrected chi connectivity index (χ2v) is 4.35. The van der Waals surface area contributed by atoms with Crippen molar-refractivity contribution < 1.29 is 19.1 Å². The molecule has 1 unspecified atom stereocenters. The molecular weight excluding hydrogens is 222 g/mol. The highest BCUT2D eigenvalue weighted by Gasteiger charge is 2.37. The van der Waals surface area contributed by atoms with Crippen molar-refractivity contribution in [2.75, 3.05) is 19.8 Å². The van der Waals surface area contributed by atoms with Gasteiger partial charge >= 0.3 is 5.97 Å². The molecule has 98 valence electrons. The molecule has 17 heavy (non-hydrogen) atoms. The normalized spacial score (nSPS) is 23.4. The van der Waals surface area contributed by atoms with E-state index in [9.17, 15) is 9.59 Å². The van der Waals surface area contributed by atoms with Crippen molar-refractivity contribution >= 4 is 11.9 Å². The standard InChI is InChI=1S/C12H21NO4/c1-3-16-10(14)6-4-8-13-11(15)12(2)7-5-9-17-12/h3-9H2,1-2H3,(H,13,15). The van der Waals surface area contributed by atoms with Crippen molar-refractivity contribution in [1.82, 2.24) is 5.32 Å².